The minimum Gasteiger partial charge on any atom is -0.397 e. The second kappa shape index (κ2) is 3.92. The van der Waals surface area contributed by atoms with Crippen molar-refractivity contribution >= 4 is 11.5 Å². The lowest BCUT2D eigenvalue weighted by Gasteiger charge is -2.06. The number of nitrogen functional groups attached to an aromatic ring is 1. The van der Waals surface area contributed by atoms with Gasteiger partial charge in [-0.3, -0.25) is 0 Å². The van der Waals surface area contributed by atoms with Gasteiger partial charge < -0.3 is 16.2 Å². The highest BCUT2D eigenvalue weighted by Crippen LogP contribution is 2.12. The van der Waals surface area contributed by atoms with Crippen LogP contribution < -0.4 is 11.1 Å². The van der Waals surface area contributed by atoms with Gasteiger partial charge in [-0.1, -0.05) is 0 Å². The van der Waals surface area contributed by atoms with E-state index >= 15 is 0 Å². The molecule has 0 atom stereocenters. The van der Waals surface area contributed by atoms with Gasteiger partial charge in [0.15, 0.2) is 0 Å². The lowest BCUT2D eigenvalue weighted by atomic mass is 10.2. The minimum absolute atomic E-state index is 0.103. The van der Waals surface area contributed by atoms with Crippen molar-refractivity contribution in [3.63, 3.8) is 0 Å². The van der Waals surface area contributed by atoms with E-state index in [4.69, 9.17) is 10.8 Å². The molecule has 0 bridgehead atoms. The van der Waals surface area contributed by atoms with Gasteiger partial charge in [0.2, 0.25) is 0 Å². The Balaban J connectivity index is 2.72. The Morgan fingerprint density at radius 3 is 3.00 bits per heavy atom. The number of hydrogen-bond acceptors (Lipinski definition) is 4. The maximum absolute atomic E-state index is 8.56. The molecule has 0 saturated carbocycles. The smallest absolute Gasteiger partial charge is 0.129 e. The number of hydrogen-bond donors (Lipinski definition) is 3. The highest BCUT2D eigenvalue weighted by Gasteiger charge is 1.97. The average molecular weight is 167 g/mol. The SMILES string of the molecule is Cc1cc(N)cnc1NCCO. The summed E-state index contributed by atoms with van der Waals surface area (Å²) in [7, 11) is 0. The summed E-state index contributed by atoms with van der Waals surface area (Å²) in [6.07, 6.45) is 1.59. The standard InChI is InChI=1S/C8H13N3O/c1-6-4-7(9)5-11-8(6)10-2-3-12/h4-5,12H,2-3,9H2,1H3,(H,10,11). The van der Waals surface area contributed by atoms with E-state index in [1.54, 1.807) is 6.20 Å². The first-order chi connectivity index (χ1) is 5.74. The molecule has 66 valence electrons. The summed E-state index contributed by atoms with van der Waals surface area (Å²) in [6, 6.07) is 1.84. The number of pyridine rings is 1. The van der Waals surface area contributed by atoms with Gasteiger partial charge in [0.1, 0.15) is 5.82 Å². The molecule has 0 saturated heterocycles. The van der Waals surface area contributed by atoms with Gasteiger partial charge in [0.05, 0.1) is 18.5 Å². The molecule has 0 amide bonds. The van der Waals surface area contributed by atoms with Crippen LogP contribution in [0.5, 0.6) is 0 Å². The van der Waals surface area contributed by atoms with Gasteiger partial charge in [0, 0.05) is 6.54 Å². The van der Waals surface area contributed by atoms with E-state index in [0.29, 0.717) is 12.2 Å². The van der Waals surface area contributed by atoms with Gasteiger partial charge in [-0.2, -0.15) is 0 Å². The molecule has 12 heavy (non-hydrogen) atoms. The lowest BCUT2D eigenvalue weighted by molar-refractivity contribution is 0.311. The van der Waals surface area contributed by atoms with Crippen molar-refractivity contribution in [1.29, 1.82) is 0 Å². The molecule has 0 unspecified atom stereocenters. The van der Waals surface area contributed by atoms with E-state index in [0.717, 1.165) is 11.4 Å². The normalized spacial score (nSPS) is 9.83. The summed E-state index contributed by atoms with van der Waals surface area (Å²) in [5.41, 5.74) is 7.16. The summed E-state index contributed by atoms with van der Waals surface area (Å²) in [5.74, 6) is 0.776. The zero-order chi connectivity index (χ0) is 8.97. The highest BCUT2D eigenvalue weighted by atomic mass is 16.3. The molecule has 0 aliphatic rings. The Hall–Kier alpha value is -1.29. The average Bonchev–Trinajstić information content (AvgIpc) is 2.03. The van der Waals surface area contributed by atoms with E-state index in [1.165, 1.54) is 0 Å². The van der Waals surface area contributed by atoms with Gasteiger partial charge in [-0.25, -0.2) is 4.98 Å². The van der Waals surface area contributed by atoms with Crippen LogP contribution in [0.3, 0.4) is 0 Å². The molecule has 1 aromatic heterocycles. The van der Waals surface area contributed by atoms with Gasteiger partial charge in [-0.15, -0.1) is 0 Å². The maximum atomic E-state index is 8.56. The van der Waals surface area contributed by atoms with E-state index < -0.39 is 0 Å². The number of aryl methyl sites for hydroxylation is 1. The zero-order valence-electron chi connectivity index (χ0n) is 7.04. The summed E-state index contributed by atoms with van der Waals surface area (Å²) in [5, 5.41) is 11.5. The number of anilines is 2. The molecule has 1 aromatic rings. The van der Waals surface area contributed by atoms with E-state index in [2.05, 4.69) is 10.3 Å². The molecule has 4 N–H and O–H groups in total. The molecule has 4 heteroatoms. The monoisotopic (exact) mass is 167 g/mol. The first kappa shape index (κ1) is 8.80. The van der Waals surface area contributed by atoms with Crippen LogP contribution >= 0.6 is 0 Å². The Kier molecular flexibility index (Phi) is 2.88. The third kappa shape index (κ3) is 2.10. The third-order valence-corrected chi connectivity index (χ3v) is 1.50. The number of nitrogens with two attached hydrogens (primary N) is 1. The van der Waals surface area contributed by atoms with Crippen molar-refractivity contribution < 1.29 is 5.11 Å². The summed E-state index contributed by atoms with van der Waals surface area (Å²) >= 11 is 0. The number of aromatic nitrogens is 1. The molecule has 0 radical (unpaired) electrons. The van der Waals surface area contributed by atoms with Crippen molar-refractivity contribution in [2.75, 3.05) is 24.2 Å². The minimum atomic E-state index is 0.103. The van der Waals surface area contributed by atoms with Crippen molar-refractivity contribution in [3.05, 3.63) is 17.8 Å². The predicted molar refractivity (Wildman–Crippen MR) is 49.0 cm³/mol. The number of aliphatic hydroxyl groups excluding tert-OH is 1. The van der Waals surface area contributed by atoms with Crippen molar-refractivity contribution in [3.8, 4) is 0 Å². The molecule has 0 aliphatic carbocycles. The van der Waals surface area contributed by atoms with Crippen molar-refractivity contribution in [2.24, 2.45) is 0 Å². The van der Waals surface area contributed by atoms with Crippen LogP contribution in [0.2, 0.25) is 0 Å². The molecular formula is C8H13N3O. The molecule has 0 spiro atoms. The summed E-state index contributed by atoms with van der Waals surface area (Å²) in [6.45, 7) is 2.53. The van der Waals surface area contributed by atoms with E-state index in [9.17, 15) is 0 Å². The third-order valence-electron chi connectivity index (χ3n) is 1.50. The van der Waals surface area contributed by atoms with Crippen LogP contribution in [-0.2, 0) is 0 Å². The lowest BCUT2D eigenvalue weighted by Crippen LogP contribution is -2.08. The molecule has 0 aromatic carbocycles. The largest absolute Gasteiger partial charge is 0.397 e. The fourth-order valence-electron chi connectivity index (χ4n) is 0.956. The van der Waals surface area contributed by atoms with Crippen LogP contribution in [0.4, 0.5) is 11.5 Å². The number of nitrogens with zero attached hydrogens (tertiary/aromatic N) is 1. The number of nitrogens with one attached hydrogen (secondary N) is 1. The zero-order valence-corrected chi connectivity index (χ0v) is 7.04. The number of rotatable bonds is 3. The van der Waals surface area contributed by atoms with Crippen LogP contribution in [0.15, 0.2) is 12.3 Å². The fraction of sp³-hybridized carbons (Fsp3) is 0.375. The van der Waals surface area contributed by atoms with Gasteiger partial charge in [-0.05, 0) is 18.6 Å². The second-order valence-electron chi connectivity index (χ2n) is 2.58. The Morgan fingerprint density at radius 1 is 1.67 bits per heavy atom. The Labute approximate surface area is 71.4 Å². The first-order valence-corrected chi connectivity index (χ1v) is 3.81. The molecule has 0 fully saturated rings. The van der Waals surface area contributed by atoms with E-state index in [-0.39, 0.29) is 6.61 Å². The van der Waals surface area contributed by atoms with Crippen molar-refractivity contribution in [2.45, 2.75) is 6.92 Å². The molecule has 4 nitrogen and oxygen atoms in total. The molecule has 0 aliphatic heterocycles. The van der Waals surface area contributed by atoms with Crippen LogP contribution in [-0.4, -0.2) is 23.2 Å². The van der Waals surface area contributed by atoms with Gasteiger partial charge in [0.25, 0.3) is 0 Å². The Bertz CT molecular complexity index is 262. The van der Waals surface area contributed by atoms with Gasteiger partial charge >= 0.3 is 0 Å². The summed E-state index contributed by atoms with van der Waals surface area (Å²) < 4.78 is 0. The first-order valence-electron chi connectivity index (χ1n) is 3.81. The molecule has 1 rings (SSSR count). The quantitative estimate of drug-likeness (QED) is 0.608. The molecule has 1 heterocycles. The second-order valence-corrected chi connectivity index (χ2v) is 2.58. The Morgan fingerprint density at radius 2 is 2.42 bits per heavy atom. The fourth-order valence-corrected chi connectivity index (χ4v) is 0.956. The van der Waals surface area contributed by atoms with Crippen LogP contribution in [0.25, 0.3) is 0 Å². The van der Waals surface area contributed by atoms with E-state index in [1.807, 2.05) is 13.0 Å². The predicted octanol–water partition coefficient (Wildman–Crippen LogP) is 0.376. The van der Waals surface area contributed by atoms with Crippen LogP contribution in [0.1, 0.15) is 5.56 Å². The maximum Gasteiger partial charge on any atom is 0.129 e. The summed E-state index contributed by atoms with van der Waals surface area (Å²) in [4.78, 5) is 4.07. The topological polar surface area (TPSA) is 71.2 Å². The van der Waals surface area contributed by atoms with Crippen LogP contribution in [0, 0.1) is 6.92 Å². The highest BCUT2D eigenvalue weighted by molar-refractivity contribution is 5.50. The number of aliphatic hydroxyl groups is 1. The van der Waals surface area contributed by atoms with Crippen molar-refractivity contribution in [1.82, 2.24) is 4.98 Å². The molecular weight excluding hydrogens is 154 g/mol.